The maximum atomic E-state index is 13.9. The van der Waals surface area contributed by atoms with E-state index < -0.39 is 23.0 Å². The number of ether oxygens (including phenoxy) is 1. The van der Waals surface area contributed by atoms with E-state index in [4.69, 9.17) is 22.1 Å². The van der Waals surface area contributed by atoms with Gasteiger partial charge in [0.15, 0.2) is 0 Å². The number of anilines is 1. The van der Waals surface area contributed by atoms with Gasteiger partial charge in [-0.3, -0.25) is 0 Å². The van der Waals surface area contributed by atoms with Crippen LogP contribution in [0, 0.1) is 17.5 Å². The molecule has 19 heavy (non-hydrogen) atoms. The third kappa shape index (κ3) is 2.46. The van der Waals surface area contributed by atoms with Crippen LogP contribution in [0.3, 0.4) is 0 Å². The van der Waals surface area contributed by atoms with E-state index in [1.165, 1.54) is 7.11 Å². The van der Waals surface area contributed by atoms with Crippen LogP contribution in [0.5, 0.6) is 5.75 Å². The van der Waals surface area contributed by atoms with Gasteiger partial charge in [-0.05, 0) is 12.1 Å². The van der Waals surface area contributed by atoms with Crippen molar-refractivity contribution in [1.29, 1.82) is 0 Å². The van der Waals surface area contributed by atoms with Crippen LogP contribution in [-0.4, -0.2) is 7.11 Å². The predicted octanol–water partition coefficient (Wildman–Crippen LogP) is 4.02. The van der Waals surface area contributed by atoms with E-state index >= 15 is 0 Å². The van der Waals surface area contributed by atoms with E-state index in [9.17, 15) is 13.2 Å². The van der Waals surface area contributed by atoms with Crippen LogP contribution in [0.4, 0.5) is 18.9 Å². The van der Waals surface area contributed by atoms with Crippen molar-refractivity contribution in [3.63, 3.8) is 0 Å². The first-order valence-corrected chi connectivity index (χ1v) is 5.59. The highest BCUT2D eigenvalue weighted by molar-refractivity contribution is 6.33. The third-order valence-electron chi connectivity index (χ3n) is 2.61. The lowest BCUT2D eigenvalue weighted by molar-refractivity contribution is 0.407. The number of rotatable bonds is 2. The summed E-state index contributed by atoms with van der Waals surface area (Å²) in [5.74, 6) is -2.54. The first kappa shape index (κ1) is 13.5. The Morgan fingerprint density at radius 3 is 2.16 bits per heavy atom. The molecule has 0 saturated heterocycles. The molecule has 2 rings (SSSR count). The van der Waals surface area contributed by atoms with E-state index in [1.54, 1.807) is 0 Å². The number of benzene rings is 2. The first-order chi connectivity index (χ1) is 8.93. The minimum atomic E-state index is -0.912. The average Bonchev–Trinajstić information content (AvgIpc) is 2.34. The van der Waals surface area contributed by atoms with Crippen molar-refractivity contribution in [2.75, 3.05) is 12.8 Å². The second-order valence-corrected chi connectivity index (χ2v) is 4.22. The molecule has 0 aliphatic heterocycles. The fourth-order valence-corrected chi connectivity index (χ4v) is 1.92. The number of nitrogen functional groups attached to an aromatic ring is 1. The third-order valence-corrected chi connectivity index (χ3v) is 2.93. The van der Waals surface area contributed by atoms with Gasteiger partial charge in [0, 0.05) is 17.7 Å². The molecule has 6 heteroatoms. The van der Waals surface area contributed by atoms with Gasteiger partial charge in [-0.1, -0.05) is 11.6 Å². The number of hydrogen-bond donors (Lipinski definition) is 1. The Balaban J connectivity index is 2.72. The van der Waals surface area contributed by atoms with Crippen LogP contribution in [-0.2, 0) is 0 Å². The highest BCUT2D eigenvalue weighted by Crippen LogP contribution is 2.37. The predicted molar refractivity (Wildman–Crippen MR) is 67.7 cm³/mol. The highest BCUT2D eigenvalue weighted by Gasteiger charge is 2.18. The minimum absolute atomic E-state index is 0.0137. The summed E-state index contributed by atoms with van der Waals surface area (Å²) in [4.78, 5) is 0. The van der Waals surface area contributed by atoms with Crippen molar-refractivity contribution < 1.29 is 17.9 Å². The Labute approximate surface area is 112 Å². The molecular weight excluding hydrogens is 279 g/mol. The van der Waals surface area contributed by atoms with Crippen molar-refractivity contribution in [2.45, 2.75) is 0 Å². The summed E-state index contributed by atoms with van der Waals surface area (Å²) < 4.78 is 45.8. The number of hydrogen-bond acceptors (Lipinski definition) is 2. The summed E-state index contributed by atoms with van der Waals surface area (Å²) in [6.07, 6.45) is 0. The molecule has 0 aromatic heterocycles. The van der Waals surface area contributed by atoms with E-state index in [1.807, 2.05) is 0 Å². The van der Waals surface area contributed by atoms with Gasteiger partial charge in [-0.25, -0.2) is 13.2 Å². The Hall–Kier alpha value is -1.88. The lowest BCUT2D eigenvalue weighted by atomic mass is 10.0. The van der Waals surface area contributed by atoms with Crippen molar-refractivity contribution in [3.8, 4) is 16.9 Å². The zero-order valence-corrected chi connectivity index (χ0v) is 10.6. The number of nitrogens with two attached hydrogens (primary N) is 1. The van der Waals surface area contributed by atoms with Crippen LogP contribution in [0.2, 0.25) is 5.02 Å². The zero-order valence-electron chi connectivity index (χ0n) is 9.81. The van der Waals surface area contributed by atoms with Gasteiger partial charge in [-0.15, -0.1) is 0 Å². The summed E-state index contributed by atoms with van der Waals surface area (Å²) in [7, 11) is 1.28. The number of methoxy groups -OCH3 is 1. The second kappa shape index (κ2) is 5.01. The standard InChI is InChI=1S/C13H9ClF3NO/c1-19-7-4-10(16)12(11(17)5-7)8-2-6(15)3-9(14)13(8)18/h2-5H,18H2,1H3. The zero-order chi connectivity index (χ0) is 14.2. The molecule has 0 saturated carbocycles. The van der Waals surface area contributed by atoms with Crippen LogP contribution < -0.4 is 10.5 Å². The molecule has 0 bridgehead atoms. The van der Waals surface area contributed by atoms with Gasteiger partial charge in [0.2, 0.25) is 0 Å². The van der Waals surface area contributed by atoms with Gasteiger partial charge in [-0.2, -0.15) is 0 Å². The maximum Gasteiger partial charge on any atom is 0.137 e. The van der Waals surface area contributed by atoms with Crippen LogP contribution in [0.25, 0.3) is 11.1 Å². The Morgan fingerprint density at radius 1 is 1.05 bits per heavy atom. The average molecular weight is 288 g/mol. The van der Waals surface area contributed by atoms with Crippen molar-refractivity contribution >= 4 is 17.3 Å². The molecule has 2 nitrogen and oxygen atoms in total. The van der Waals surface area contributed by atoms with Gasteiger partial charge in [0.25, 0.3) is 0 Å². The van der Waals surface area contributed by atoms with Crippen molar-refractivity contribution in [3.05, 3.63) is 46.7 Å². The monoisotopic (exact) mass is 287 g/mol. The molecule has 2 aromatic carbocycles. The van der Waals surface area contributed by atoms with Gasteiger partial charge < -0.3 is 10.5 Å². The molecule has 0 fully saturated rings. The quantitative estimate of drug-likeness (QED) is 0.847. The SMILES string of the molecule is COc1cc(F)c(-c2cc(F)cc(Cl)c2N)c(F)c1. The Bertz CT molecular complexity index is 623. The normalized spacial score (nSPS) is 10.6. The molecule has 0 atom stereocenters. The fourth-order valence-electron chi connectivity index (χ4n) is 1.72. The summed E-state index contributed by atoms with van der Waals surface area (Å²) in [5.41, 5.74) is 4.96. The van der Waals surface area contributed by atoms with E-state index in [-0.39, 0.29) is 22.0 Å². The molecule has 0 radical (unpaired) electrons. The van der Waals surface area contributed by atoms with E-state index in [0.29, 0.717) is 0 Å². The molecule has 2 N–H and O–H groups in total. The van der Waals surface area contributed by atoms with Gasteiger partial charge >= 0.3 is 0 Å². The lowest BCUT2D eigenvalue weighted by Crippen LogP contribution is -1.98. The molecule has 0 aliphatic carbocycles. The van der Waals surface area contributed by atoms with Gasteiger partial charge in [0.05, 0.1) is 23.4 Å². The summed E-state index contributed by atoms with van der Waals surface area (Å²) in [5, 5.41) is -0.107. The maximum absolute atomic E-state index is 13.9. The lowest BCUT2D eigenvalue weighted by Gasteiger charge is -2.11. The minimum Gasteiger partial charge on any atom is -0.497 e. The highest BCUT2D eigenvalue weighted by atomic mass is 35.5. The Morgan fingerprint density at radius 2 is 1.63 bits per heavy atom. The molecule has 2 aromatic rings. The van der Waals surface area contributed by atoms with Crippen LogP contribution in [0.15, 0.2) is 24.3 Å². The van der Waals surface area contributed by atoms with Crippen LogP contribution in [0.1, 0.15) is 0 Å². The summed E-state index contributed by atoms with van der Waals surface area (Å²) in [6, 6.07) is 3.86. The van der Waals surface area contributed by atoms with Crippen LogP contribution >= 0.6 is 11.6 Å². The second-order valence-electron chi connectivity index (χ2n) is 3.81. The Kier molecular flexibility index (Phi) is 3.57. The largest absolute Gasteiger partial charge is 0.497 e. The molecule has 100 valence electrons. The van der Waals surface area contributed by atoms with Crippen molar-refractivity contribution in [2.24, 2.45) is 0 Å². The molecule has 0 aliphatic rings. The first-order valence-electron chi connectivity index (χ1n) is 5.22. The van der Waals surface area contributed by atoms with E-state index in [2.05, 4.69) is 0 Å². The van der Waals surface area contributed by atoms with Gasteiger partial charge in [0.1, 0.15) is 23.2 Å². The fraction of sp³-hybridized carbons (Fsp3) is 0.0769. The molecular formula is C13H9ClF3NO. The summed E-state index contributed by atoms with van der Waals surface area (Å²) >= 11 is 5.70. The van der Waals surface area contributed by atoms with E-state index in [0.717, 1.165) is 24.3 Å². The summed E-state index contributed by atoms with van der Waals surface area (Å²) in [6.45, 7) is 0. The van der Waals surface area contributed by atoms with Crippen molar-refractivity contribution in [1.82, 2.24) is 0 Å². The smallest absolute Gasteiger partial charge is 0.137 e. The molecule has 0 amide bonds. The molecule has 0 heterocycles. The number of halogens is 4. The molecule has 0 unspecified atom stereocenters. The topological polar surface area (TPSA) is 35.2 Å². The molecule has 0 spiro atoms.